The third-order valence-electron chi connectivity index (χ3n) is 5.49. The van der Waals surface area contributed by atoms with Crippen molar-refractivity contribution in [2.75, 3.05) is 13.7 Å². The number of urea groups is 1. The first-order valence-corrected chi connectivity index (χ1v) is 9.33. The normalized spacial score (nSPS) is 19.9. The maximum atomic E-state index is 13.0. The summed E-state index contributed by atoms with van der Waals surface area (Å²) in [7, 11) is 1.51. The van der Waals surface area contributed by atoms with Gasteiger partial charge in [0.25, 0.3) is 11.8 Å². The van der Waals surface area contributed by atoms with E-state index < -0.39 is 17.5 Å². The van der Waals surface area contributed by atoms with Crippen LogP contribution in [0.4, 0.5) is 4.79 Å². The minimum absolute atomic E-state index is 0.120. The number of carbonyl (C=O) groups is 3. The fourth-order valence-corrected chi connectivity index (χ4v) is 3.94. The summed E-state index contributed by atoms with van der Waals surface area (Å²) in [4.78, 5) is 43.5. The van der Waals surface area contributed by atoms with Crippen LogP contribution in [0.2, 0.25) is 0 Å². The maximum Gasteiger partial charge on any atom is 0.322 e. The lowest BCUT2D eigenvalue weighted by Crippen LogP contribution is -2.52. The molecule has 154 valence electrons. The molecule has 0 bridgehead atoms. The molecule has 1 fully saturated rings. The molecule has 4 heterocycles. The lowest BCUT2D eigenvalue weighted by Gasteiger charge is -2.28. The fraction of sp³-hybridized carbons (Fsp3) is 0.190. The van der Waals surface area contributed by atoms with Crippen molar-refractivity contribution in [1.82, 2.24) is 20.5 Å². The lowest BCUT2D eigenvalue weighted by molar-refractivity contribution is -0.125. The van der Waals surface area contributed by atoms with Crippen LogP contribution in [-0.4, -0.2) is 41.4 Å². The molecule has 2 N–H and O–H groups in total. The Labute approximate surface area is 175 Å². The van der Waals surface area contributed by atoms with Crippen LogP contribution in [0.15, 0.2) is 40.9 Å². The minimum atomic E-state index is -1.63. The Morgan fingerprint density at radius 2 is 2.13 bits per heavy atom. The molecule has 2 aliphatic rings. The second kappa shape index (κ2) is 6.56. The molecule has 10 nitrogen and oxygen atoms in total. The highest BCUT2D eigenvalue weighted by molar-refractivity contribution is 6.08. The van der Waals surface area contributed by atoms with Gasteiger partial charge in [-0.1, -0.05) is 6.07 Å². The smallest absolute Gasteiger partial charge is 0.322 e. The summed E-state index contributed by atoms with van der Waals surface area (Å²) in [6.45, 7) is 0.117. The molecular formula is C21H15N5O5. The van der Waals surface area contributed by atoms with E-state index in [9.17, 15) is 14.4 Å². The number of nitriles is 1. The quantitative estimate of drug-likeness (QED) is 0.612. The predicted molar refractivity (Wildman–Crippen MR) is 105 cm³/mol. The van der Waals surface area contributed by atoms with Crippen LogP contribution in [0.3, 0.4) is 0 Å². The first kappa shape index (κ1) is 18.6. The van der Waals surface area contributed by atoms with Crippen LogP contribution in [0.25, 0.3) is 11.1 Å². The summed E-state index contributed by atoms with van der Waals surface area (Å²) in [5.41, 5.74) is 0.169. The third-order valence-corrected chi connectivity index (χ3v) is 5.49. The number of aromatic nitrogens is 1. The van der Waals surface area contributed by atoms with Gasteiger partial charge >= 0.3 is 6.03 Å². The Morgan fingerprint density at radius 3 is 2.84 bits per heavy atom. The molecule has 1 saturated heterocycles. The van der Waals surface area contributed by atoms with Crippen molar-refractivity contribution in [1.29, 1.82) is 5.26 Å². The van der Waals surface area contributed by atoms with E-state index in [4.69, 9.17) is 14.4 Å². The number of benzene rings is 1. The second-order valence-corrected chi connectivity index (χ2v) is 7.34. The highest BCUT2D eigenvalue weighted by Crippen LogP contribution is 2.34. The zero-order valence-corrected chi connectivity index (χ0v) is 16.3. The van der Waals surface area contributed by atoms with E-state index >= 15 is 0 Å². The number of nitrogens with zero attached hydrogens (tertiary/aromatic N) is 3. The summed E-state index contributed by atoms with van der Waals surface area (Å²) in [6.07, 6.45) is 1.35. The van der Waals surface area contributed by atoms with Crippen molar-refractivity contribution < 1.29 is 23.5 Å². The molecular weight excluding hydrogens is 402 g/mol. The average molecular weight is 417 g/mol. The Bertz CT molecular complexity index is 1320. The van der Waals surface area contributed by atoms with E-state index in [0.717, 1.165) is 5.56 Å². The Hall–Kier alpha value is -4.39. The van der Waals surface area contributed by atoms with Crippen molar-refractivity contribution in [3.63, 3.8) is 0 Å². The van der Waals surface area contributed by atoms with E-state index in [2.05, 4.69) is 15.6 Å². The van der Waals surface area contributed by atoms with Crippen molar-refractivity contribution in [2.24, 2.45) is 0 Å². The molecule has 1 aromatic carbocycles. The van der Waals surface area contributed by atoms with Gasteiger partial charge in [0, 0.05) is 23.7 Å². The van der Waals surface area contributed by atoms with Gasteiger partial charge in [-0.05, 0) is 29.8 Å². The molecule has 10 heteroatoms. The monoisotopic (exact) mass is 417 g/mol. The van der Waals surface area contributed by atoms with Crippen molar-refractivity contribution >= 4 is 28.9 Å². The highest BCUT2D eigenvalue weighted by Gasteiger charge is 2.53. The van der Waals surface area contributed by atoms with E-state index in [0.29, 0.717) is 22.3 Å². The molecule has 0 unspecified atom stereocenters. The van der Waals surface area contributed by atoms with Gasteiger partial charge in [0.2, 0.25) is 5.71 Å². The average Bonchev–Trinajstić information content (AvgIpc) is 3.41. The van der Waals surface area contributed by atoms with Crippen LogP contribution < -0.4 is 15.4 Å². The van der Waals surface area contributed by atoms with Gasteiger partial charge in [-0.25, -0.2) is 9.78 Å². The molecule has 4 amide bonds. The second-order valence-electron chi connectivity index (χ2n) is 7.34. The molecule has 2 aliphatic heterocycles. The van der Waals surface area contributed by atoms with Gasteiger partial charge in [-0.2, -0.15) is 5.26 Å². The van der Waals surface area contributed by atoms with Crippen LogP contribution in [-0.2, 0) is 16.9 Å². The van der Waals surface area contributed by atoms with Crippen molar-refractivity contribution in [2.45, 2.75) is 12.1 Å². The zero-order chi connectivity index (χ0) is 21.8. The third kappa shape index (κ3) is 2.78. The topological polar surface area (TPSA) is 138 Å². The number of amides is 4. The van der Waals surface area contributed by atoms with Gasteiger partial charge in [0.1, 0.15) is 17.6 Å². The SMILES string of the molecule is COc1ccc2c(c1)C(=O)N(C[C@@]1(c3cc4cc(C#N)cnc4o3)NC(=O)NC1=O)C2. The number of pyridine rings is 1. The standard InChI is InChI=1S/C21H15N5O5/c1-30-14-3-2-12-9-26(18(27)15(12)6-14)10-21(19(28)24-20(29)25-21)16-5-13-4-11(7-22)8-23-17(13)31-16/h2-6,8H,9-10H2,1H3,(H2,24,25,28,29)/t21-/m0/s1. The number of carbonyl (C=O) groups excluding carboxylic acids is 3. The van der Waals surface area contributed by atoms with Crippen LogP contribution in [0.1, 0.15) is 27.2 Å². The molecule has 3 aromatic rings. The van der Waals surface area contributed by atoms with E-state index in [-0.39, 0.29) is 30.5 Å². The van der Waals surface area contributed by atoms with Crippen molar-refractivity contribution in [3.8, 4) is 11.8 Å². The van der Waals surface area contributed by atoms with E-state index in [1.54, 1.807) is 30.3 Å². The summed E-state index contributed by atoms with van der Waals surface area (Å²) >= 11 is 0. The van der Waals surface area contributed by atoms with Crippen LogP contribution in [0.5, 0.6) is 5.75 Å². The number of imide groups is 1. The Kier molecular flexibility index (Phi) is 3.94. The van der Waals surface area contributed by atoms with Crippen molar-refractivity contribution in [3.05, 3.63) is 59.0 Å². The van der Waals surface area contributed by atoms with E-state index in [1.165, 1.54) is 18.2 Å². The molecule has 0 aliphatic carbocycles. The molecule has 1 atom stereocenters. The number of ether oxygens (including phenoxy) is 1. The molecule has 5 rings (SSSR count). The van der Waals surface area contributed by atoms with Crippen LogP contribution >= 0.6 is 0 Å². The molecule has 0 spiro atoms. The summed E-state index contributed by atoms with van der Waals surface area (Å²) in [5.74, 6) is -0.261. The van der Waals surface area contributed by atoms with Crippen LogP contribution in [0, 0.1) is 11.3 Å². The largest absolute Gasteiger partial charge is 0.497 e. The van der Waals surface area contributed by atoms with Gasteiger partial charge in [0.05, 0.1) is 19.2 Å². The first-order chi connectivity index (χ1) is 14.9. The van der Waals surface area contributed by atoms with Gasteiger partial charge < -0.3 is 19.4 Å². The summed E-state index contributed by atoms with van der Waals surface area (Å²) in [6, 6.07) is 9.61. The number of nitrogens with one attached hydrogen (secondary N) is 2. The van der Waals surface area contributed by atoms with E-state index in [1.807, 2.05) is 6.07 Å². The molecule has 0 saturated carbocycles. The fourth-order valence-electron chi connectivity index (χ4n) is 3.94. The zero-order valence-electron chi connectivity index (χ0n) is 16.3. The number of rotatable bonds is 4. The minimum Gasteiger partial charge on any atom is -0.497 e. The lowest BCUT2D eigenvalue weighted by atomic mass is 9.95. The molecule has 2 aromatic heterocycles. The maximum absolute atomic E-state index is 13.0. The molecule has 31 heavy (non-hydrogen) atoms. The molecule has 0 radical (unpaired) electrons. The van der Waals surface area contributed by atoms with Gasteiger partial charge in [-0.15, -0.1) is 0 Å². The number of hydrogen-bond acceptors (Lipinski definition) is 7. The Balaban J connectivity index is 1.55. The van der Waals surface area contributed by atoms with Gasteiger partial charge in [0.15, 0.2) is 5.54 Å². The number of hydrogen-bond donors (Lipinski definition) is 2. The number of furan rings is 1. The Morgan fingerprint density at radius 1 is 1.29 bits per heavy atom. The number of methoxy groups -OCH3 is 1. The summed E-state index contributed by atoms with van der Waals surface area (Å²) < 4.78 is 11.0. The number of fused-ring (bicyclic) bond motifs is 2. The predicted octanol–water partition coefficient (Wildman–Crippen LogP) is 1.40. The first-order valence-electron chi connectivity index (χ1n) is 9.33. The summed E-state index contributed by atoms with van der Waals surface area (Å²) in [5, 5.41) is 14.4. The van der Waals surface area contributed by atoms with Gasteiger partial charge in [-0.3, -0.25) is 14.9 Å². The highest BCUT2D eigenvalue weighted by atomic mass is 16.5.